The molecular weight excluding hydrogens is 652 g/mol. The van der Waals surface area contributed by atoms with Crippen LogP contribution >= 0.6 is 31.9 Å². The summed E-state index contributed by atoms with van der Waals surface area (Å²) in [5.74, 6) is -1.40. The Morgan fingerprint density at radius 3 is 1.66 bits per heavy atom. The number of benzene rings is 3. The Balaban J connectivity index is 2.28. The minimum atomic E-state index is -1.47. The third kappa shape index (κ3) is 5.29. The van der Waals surface area contributed by atoms with E-state index in [1.165, 1.54) is 12.1 Å². The van der Waals surface area contributed by atoms with Crippen molar-refractivity contribution >= 4 is 43.8 Å². The van der Waals surface area contributed by atoms with Crippen molar-refractivity contribution in [1.82, 2.24) is 0 Å². The summed E-state index contributed by atoms with van der Waals surface area (Å²) >= 11 is 7.70. The van der Waals surface area contributed by atoms with Crippen LogP contribution in [-0.4, -0.2) is 27.3 Å². The summed E-state index contributed by atoms with van der Waals surface area (Å²) in [7, 11) is 0. The summed E-state index contributed by atoms with van der Waals surface area (Å²) in [4.78, 5) is 25.7. The molecule has 1 aliphatic heterocycles. The number of carboxylic acids is 1. The second-order valence-electron chi connectivity index (χ2n) is 10.6. The van der Waals surface area contributed by atoms with Gasteiger partial charge in [-0.1, -0.05) is 59.4 Å². The Kier molecular flexibility index (Phi) is 9.54. The third-order valence-electron chi connectivity index (χ3n) is 7.71. The van der Waals surface area contributed by atoms with Crippen LogP contribution in [-0.2, 0) is 36.0 Å². The second-order valence-corrected chi connectivity index (χ2v) is 12.2. The molecule has 0 spiro atoms. The molecule has 0 unspecified atom stereocenters. The molecule has 0 saturated carbocycles. The molecule has 4 rings (SSSR count). The normalized spacial score (nSPS) is 13.8. The molecule has 0 radical (unpaired) electrons. The maximum absolute atomic E-state index is 13.8. The average Bonchev–Trinajstić information content (AvgIpc) is 3.20. The van der Waals surface area contributed by atoms with E-state index in [0.29, 0.717) is 62.4 Å². The average molecular weight is 688 g/mol. The maximum atomic E-state index is 13.8. The molecule has 3 N–H and O–H groups in total. The summed E-state index contributed by atoms with van der Waals surface area (Å²) in [5.41, 5.74) is 3.73. The van der Waals surface area contributed by atoms with Crippen molar-refractivity contribution < 1.29 is 29.6 Å². The van der Waals surface area contributed by atoms with Crippen LogP contribution in [0.1, 0.15) is 113 Å². The summed E-state index contributed by atoms with van der Waals surface area (Å²) < 4.78 is 7.87. The number of aromatic carboxylic acids is 1. The van der Waals surface area contributed by atoms with E-state index in [-0.39, 0.29) is 22.6 Å². The Bertz CT molecular complexity index is 1440. The summed E-state index contributed by atoms with van der Waals surface area (Å²) in [5, 5.41) is 31.9. The first-order valence-corrected chi connectivity index (χ1v) is 15.8. The molecule has 0 bridgehead atoms. The first-order valence-electron chi connectivity index (χ1n) is 14.3. The zero-order valence-electron chi connectivity index (χ0n) is 23.9. The number of halogens is 2. The fourth-order valence-electron chi connectivity index (χ4n) is 6.03. The fraction of sp³-hybridized carbons (Fsp3) is 0.394. The van der Waals surface area contributed by atoms with Crippen molar-refractivity contribution in [2.24, 2.45) is 0 Å². The van der Waals surface area contributed by atoms with Crippen LogP contribution in [0.3, 0.4) is 0 Å². The molecule has 3 aromatic rings. The number of carbonyl (C=O) groups is 2. The molecule has 0 atom stereocenters. The Labute approximate surface area is 258 Å². The first-order chi connectivity index (χ1) is 19.6. The molecule has 1 heterocycles. The van der Waals surface area contributed by atoms with E-state index in [9.17, 15) is 24.9 Å². The van der Waals surface area contributed by atoms with Gasteiger partial charge < -0.3 is 20.1 Å². The molecule has 0 aliphatic carbocycles. The number of aromatic hydroxyl groups is 2. The van der Waals surface area contributed by atoms with Crippen LogP contribution in [0.4, 0.5) is 0 Å². The number of rotatable bonds is 11. The van der Waals surface area contributed by atoms with Gasteiger partial charge in [0.1, 0.15) is 11.5 Å². The van der Waals surface area contributed by atoms with Crippen LogP contribution < -0.4 is 0 Å². The molecule has 218 valence electrons. The van der Waals surface area contributed by atoms with Gasteiger partial charge in [0.25, 0.3) is 0 Å². The van der Waals surface area contributed by atoms with Gasteiger partial charge >= 0.3 is 11.9 Å². The number of hydrogen-bond donors (Lipinski definition) is 3. The molecule has 0 saturated heterocycles. The minimum Gasteiger partial charge on any atom is -0.508 e. The number of fused-ring (bicyclic) bond motifs is 1. The highest BCUT2D eigenvalue weighted by atomic mass is 79.9. The van der Waals surface area contributed by atoms with Gasteiger partial charge in [-0.05, 0) is 92.9 Å². The van der Waals surface area contributed by atoms with Gasteiger partial charge in [0.2, 0.25) is 0 Å². The van der Waals surface area contributed by atoms with Crippen LogP contribution in [0.2, 0.25) is 0 Å². The van der Waals surface area contributed by atoms with Crippen LogP contribution in [0, 0.1) is 0 Å². The quantitative estimate of drug-likeness (QED) is 0.175. The van der Waals surface area contributed by atoms with Gasteiger partial charge in [-0.3, -0.25) is 0 Å². The lowest BCUT2D eigenvalue weighted by Crippen LogP contribution is -2.34. The lowest BCUT2D eigenvalue weighted by molar-refractivity contribution is 0.0241. The smallest absolute Gasteiger partial charge is 0.340 e. The van der Waals surface area contributed by atoms with Gasteiger partial charge in [0.05, 0.1) is 11.1 Å². The van der Waals surface area contributed by atoms with Crippen molar-refractivity contribution in [2.75, 3.05) is 0 Å². The topological polar surface area (TPSA) is 104 Å². The third-order valence-corrected chi connectivity index (χ3v) is 9.46. The van der Waals surface area contributed by atoms with Crippen molar-refractivity contribution in [3.63, 3.8) is 0 Å². The van der Waals surface area contributed by atoms with Crippen molar-refractivity contribution in [3.05, 3.63) is 89.3 Å². The van der Waals surface area contributed by atoms with E-state index < -0.39 is 17.5 Å². The molecule has 1 aliphatic rings. The van der Waals surface area contributed by atoms with Crippen LogP contribution in [0.15, 0.2) is 39.3 Å². The summed E-state index contributed by atoms with van der Waals surface area (Å²) in [6.45, 7) is 8.17. The van der Waals surface area contributed by atoms with Crippen molar-refractivity contribution in [3.8, 4) is 11.5 Å². The highest BCUT2D eigenvalue weighted by Crippen LogP contribution is 2.56. The number of esters is 1. The number of aryl methyl sites for hydroxylation is 2. The molecule has 0 aromatic heterocycles. The van der Waals surface area contributed by atoms with E-state index in [1.54, 1.807) is 18.2 Å². The molecule has 3 aromatic carbocycles. The summed E-state index contributed by atoms with van der Waals surface area (Å²) in [6.07, 6.45) is 5.54. The van der Waals surface area contributed by atoms with E-state index in [1.807, 2.05) is 27.7 Å². The van der Waals surface area contributed by atoms with Crippen molar-refractivity contribution in [1.29, 1.82) is 0 Å². The lowest BCUT2D eigenvalue weighted by atomic mass is 9.73. The highest BCUT2D eigenvalue weighted by Gasteiger charge is 2.53. The number of phenols is 2. The first kappa shape index (κ1) is 31.1. The Morgan fingerprint density at radius 2 is 1.24 bits per heavy atom. The largest absolute Gasteiger partial charge is 0.508 e. The van der Waals surface area contributed by atoms with E-state index in [0.717, 1.165) is 36.8 Å². The predicted octanol–water partition coefficient (Wildman–Crippen LogP) is 8.59. The molecule has 0 fully saturated rings. The van der Waals surface area contributed by atoms with E-state index in [4.69, 9.17) is 4.74 Å². The SMILES string of the molecule is CCCc1cc(O)c(CCC)c(Br)c1C1(c2c(CCC)cc(O)c(CCC)c2Br)OC(=O)c2cc(C(=O)O)ccc21. The van der Waals surface area contributed by atoms with Crippen molar-refractivity contribution in [2.45, 2.75) is 84.7 Å². The molecular formula is C33H36Br2O6. The number of cyclic esters (lactones) is 1. The van der Waals surface area contributed by atoms with Gasteiger partial charge in [-0.25, -0.2) is 9.59 Å². The standard InChI is InChI=1S/C33H36Br2O6/c1-5-9-18-16-25(36)21(11-7-3)29(34)27(18)33(24-14-13-20(31(38)39)15-23(24)32(40)41-33)28-19(10-6-2)17-26(37)22(12-8-4)30(28)35/h13-17,36-37H,5-12H2,1-4H3,(H,38,39). The summed E-state index contributed by atoms with van der Waals surface area (Å²) in [6, 6.07) is 8.10. The Morgan fingerprint density at radius 1 is 0.780 bits per heavy atom. The lowest BCUT2D eigenvalue weighted by Gasteiger charge is -2.37. The van der Waals surface area contributed by atoms with Crippen LogP contribution in [0.5, 0.6) is 11.5 Å². The van der Waals surface area contributed by atoms with Crippen LogP contribution in [0.25, 0.3) is 0 Å². The Hall–Kier alpha value is -2.84. The predicted molar refractivity (Wildman–Crippen MR) is 166 cm³/mol. The number of carboxylic acid groups (broad SMARTS) is 1. The van der Waals surface area contributed by atoms with Gasteiger partial charge in [-0.15, -0.1) is 0 Å². The monoisotopic (exact) mass is 686 g/mol. The number of phenolic OH excluding ortho intramolecular Hbond substituents is 2. The second kappa shape index (κ2) is 12.6. The van der Waals surface area contributed by atoms with Gasteiger partial charge in [0, 0.05) is 36.8 Å². The van der Waals surface area contributed by atoms with Gasteiger partial charge in [-0.2, -0.15) is 0 Å². The minimum absolute atomic E-state index is 0.00745. The maximum Gasteiger partial charge on any atom is 0.340 e. The van der Waals surface area contributed by atoms with Gasteiger partial charge in [0.15, 0.2) is 5.60 Å². The zero-order valence-corrected chi connectivity index (χ0v) is 27.0. The number of hydrogen-bond acceptors (Lipinski definition) is 5. The van der Waals surface area contributed by atoms with E-state index in [2.05, 4.69) is 31.9 Å². The fourth-order valence-corrected chi connectivity index (χ4v) is 7.90. The molecule has 41 heavy (non-hydrogen) atoms. The molecule has 8 heteroatoms. The molecule has 0 amide bonds. The zero-order chi connectivity index (χ0) is 30.1. The molecule has 6 nitrogen and oxygen atoms in total. The number of carbonyl (C=O) groups excluding carboxylic acids is 1. The highest BCUT2D eigenvalue weighted by molar-refractivity contribution is 9.11. The number of ether oxygens (including phenoxy) is 1. The van der Waals surface area contributed by atoms with E-state index >= 15 is 0 Å².